The molecule has 1 atom stereocenters. The fourth-order valence-corrected chi connectivity index (χ4v) is 3.11. The first-order valence-electron chi connectivity index (χ1n) is 8.33. The van der Waals surface area contributed by atoms with E-state index in [2.05, 4.69) is 66.5 Å². The summed E-state index contributed by atoms with van der Waals surface area (Å²) in [6, 6.07) is 15.6. The molecule has 1 fully saturated rings. The molecular formula is C19H26IN3. The van der Waals surface area contributed by atoms with Gasteiger partial charge in [-0.3, -0.25) is 0 Å². The quantitative estimate of drug-likeness (QED) is 0.722. The molecule has 0 bridgehead atoms. The van der Waals surface area contributed by atoms with E-state index in [4.69, 9.17) is 4.99 Å². The number of rotatable bonds is 5. The van der Waals surface area contributed by atoms with Gasteiger partial charge in [0, 0.05) is 19.1 Å². The molecule has 23 heavy (non-hydrogen) atoms. The second-order valence-electron chi connectivity index (χ2n) is 5.99. The molecule has 0 aliphatic carbocycles. The number of halogens is 1. The van der Waals surface area contributed by atoms with E-state index >= 15 is 0 Å². The van der Waals surface area contributed by atoms with Crippen LogP contribution in [0.3, 0.4) is 0 Å². The molecular weight excluding hydrogens is 397 g/mol. The molecule has 2 aromatic rings. The lowest BCUT2D eigenvalue weighted by atomic mass is 10.1. The summed E-state index contributed by atoms with van der Waals surface area (Å²) in [6.45, 7) is 7.27. The third-order valence-corrected chi connectivity index (χ3v) is 4.32. The van der Waals surface area contributed by atoms with E-state index < -0.39 is 0 Å². The van der Waals surface area contributed by atoms with Crippen LogP contribution in [0.5, 0.6) is 0 Å². The zero-order valence-corrected chi connectivity index (χ0v) is 16.3. The fourth-order valence-electron chi connectivity index (χ4n) is 3.11. The summed E-state index contributed by atoms with van der Waals surface area (Å²) in [7, 11) is 0. The molecule has 4 heteroatoms. The summed E-state index contributed by atoms with van der Waals surface area (Å²) in [6.07, 6.45) is 2.43. The minimum Gasteiger partial charge on any atom is -0.352 e. The van der Waals surface area contributed by atoms with E-state index in [1.807, 2.05) is 0 Å². The average Bonchev–Trinajstić information content (AvgIpc) is 2.95. The Hall–Kier alpha value is -1.30. The van der Waals surface area contributed by atoms with Crippen LogP contribution in [-0.2, 0) is 6.54 Å². The highest BCUT2D eigenvalue weighted by molar-refractivity contribution is 14.0. The number of nitrogens with one attached hydrogen (secondary N) is 1. The maximum atomic E-state index is 4.82. The van der Waals surface area contributed by atoms with Crippen molar-refractivity contribution in [3.05, 3.63) is 48.0 Å². The van der Waals surface area contributed by atoms with Gasteiger partial charge in [0.1, 0.15) is 0 Å². The highest BCUT2D eigenvalue weighted by atomic mass is 127. The summed E-state index contributed by atoms with van der Waals surface area (Å²) >= 11 is 0. The Balaban J connectivity index is 0.00000192. The predicted octanol–water partition coefficient (Wildman–Crippen LogP) is 4.41. The van der Waals surface area contributed by atoms with Gasteiger partial charge in [0.05, 0.1) is 6.54 Å². The van der Waals surface area contributed by atoms with E-state index in [9.17, 15) is 0 Å². The normalized spacial score (nSPS) is 19.0. The third kappa shape index (κ3) is 4.37. The highest BCUT2D eigenvalue weighted by Gasteiger charge is 2.24. The highest BCUT2D eigenvalue weighted by Crippen LogP contribution is 2.17. The average molecular weight is 423 g/mol. The minimum atomic E-state index is 0. The zero-order chi connectivity index (χ0) is 15.4. The van der Waals surface area contributed by atoms with Crippen LogP contribution in [0.1, 0.15) is 32.3 Å². The van der Waals surface area contributed by atoms with E-state index in [-0.39, 0.29) is 24.0 Å². The van der Waals surface area contributed by atoms with Crippen LogP contribution < -0.4 is 5.32 Å². The molecule has 2 aromatic carbocycles. The Morgan fingerprint density at radius 1 is 1.13 bits per heavy atom. The van der Waals surface area contributed by atoms with Gasteiger partial charge in [-0.1, -0.05) is 49.7 Å². The Labute approximate surface area is 156 Å². The Morgan fingerprint density at radius 3 is 2.65 bits per heavy atom. The van der Waals surface area contributed by atoms with E-state index in [1.54, 1.807) is 0 Å². The number of fused-ring (bicyclic) bond motifs is 1. The van der Waals surface area contributed by atoms with Crippen LogP contribution in [0.15, 0.2) is 47.5 Å². The maximum absolute atomic E-state index is 4.82. The smallest absolute Gasteiger partial charge is 0.194 e. The SMILES string of the molecule is CCC[C@H]1CN(CC)C(=NCc2ccc3ccccc3c2)N1.I. The number of hydrogen-bond donors (Lipinski definition) is 1. The van der Waals surface area contributed by atoms with E-state index in [0.717, 1.165) is 25.6 Å². The lowest BCUT2D eigenvalue weighted by molar-refractivity contribution is 0.438. The molecule has 3 rings (SSSR count). The maximum Gasteiger partial charge on any atom is 0.194 e. The van der Waals surface area contributed by atoms with Crippen LogP contribution >= 0.6 is 24.0 Å². The molecule has 1 saturated heterocycles. The lowest BCUT2D eigenvalue weighted by Crippen LogP contribution is -2.30. The van der Waals surface area contributed by atoms with Gasteiger partial charge >= 0.3 is 0 Å². The molecule has 0 aromatic heterocycles. The van der Waals surface area contributed by atoms with Crippen molar-refractivity contribution in [3.63, 3.8) is 0 Å². The summed E-state index contributed by atoms with van der Waals surface area (Å²) in [5, 5.41) is 6.15. The molecule has 1 aliphatic heterocycles. The lowest BCUT2D eigenvalue weighted by Gasteiger charge is -2.14. The largest absolute Gasteiger partial charge is 0.352 e. The van der Waals surface area contributed by atoms with Gasteiger partial charge in [-0.2, -0.15) is 0 Å². The number of likely N-dealkylation sites (N-methyl/N-ethyl adjacent to an activating group) is 1. The molecule has 1 heterocycles. The molecule has 0 unspecified atom stereocenters. The van der Waals surface area contributed by atoms with Crippen LogP contribution in [0.25, 0.3) is 10.8 Å². The molecule has 0 radical (unpaired) electrons. The zero-order valence-electron chi connectivity index (χ0n) is 14.0. The van der Waals surface area contributed by atoms with Crippen LogP contribution in [0.2, 0.25) is 0 Å². The molecule has 0 amide bonds. The standard InChI is InChI=1S/C19H25N3.HI/c1-3-7-18-14-22(4-2)19(21-18)20-13-15-10-11-16-8-5-6-9-17(16)12-15;/h5-6,8-12,18H,3-4,7,13-14H2,1-2H3,(H,20,21);1H/t18-;/m0./s1. The number of aliphatic imine (C=N–C) groups is 1. The van der Waals surface area contributed by atoms with Crippen molar-refractivity contribution in [2.45, 2.75) is 39.3 Å². The van der Waals surface area contributed by atoms with Gasteiger partial charge in [0.2, 0.25) is 0 Å². The summed E-state index contributed by atoms with van der Waals surface area (Å²) in [4.78, 5) is 7.17. The number of hydrogen-bond acceptors (Lipinski definition) is 1. The van der Waals surface area contributed by atoms with Gasteiger partial charge in [0.25, 0.3) is 0 Å². The van der Waals surface area contributed by atoms with Crippen molar-refractivity contribution < 1.29 is 0 Å². The van der Waals surface area contributed by atoms with Gasteiger partial charge in [-0.15, -0.1) is 24.0 Å². The van der Waals surface area contributed by atoms with Crippen LogP contribution in [0.4, 0.5) is 0 Å². The Bertz CT molecular complexity index is 668. The predicted molar refractivity (Wildman–Crippen MR) is 110 cm³/mol. The van der Waals surface area contributed by atoms with E-state index in [0.29, 0.717) is 6.04 Å². The Kier molecular flexibility index (Phi) is 6.69. The van der Waals surface area contributed by atoms with Crippen molar-refractivity contribution in [1.29, 1.82) is 0 Å². The van der Waals surface area contributed by atoms with Gasteiger partial charge in [0.15, 0.2) is 5.96 Å². The number of nitrogens with zero attached hydrogens (tertiary/aromatic N) is 2. The first-order valence-corrected chi connectivity index (χ1v) is 8.33. The second kappa shape index (κ2) is 8.52. The molecule has 1 aliphatic rings. The topological polar surface area (TPSA) is 27.6 Å². The second-order valence-corrected chi connectivity index (χ2v) is 5.99. The molecule has 124 valence electrons. The molecule has 1 N–H and O–H groups in total. The first kappa shape index (κ1) is 18.0. The van der Waals surface area contributed by atoms with Crippen LogP contribution in [0, 0.1) is 0 Å². The third-order valence-electron chi connectivity index (χ3n) is 4.32. The fraction of sp³-hybridized carbons (Fsp3) is 0.421. The van der Waals surface area contributed by atoms with Crippen molar-refractivity contribution in [2.24, 2.45) is 4.99 Å². The summed E-state index contributed by atoms with van der Waals surface area (Å²) in [5.41, 5.74) is 1.27. The van der Waals surface area contributed by atoms with E-state index in [1.165, 1.54) is 29.2 Å². The molecule has 3 nitrogen and oxygen atoms in total. The minimum absolute atomic E-state index is 0. The van der Waals surface area contributed by atoms with Crippen molar-refractivity contribution in [3.8, 4) is 0 Å². The number of guanidine groups is 1. The van der Waals surface area contributed by atoms with Crippen molar-refractivity contribution in [1.82, 2.24) is 10.2 Å². The summed E-state index contributed by atoms with van der Waals surface area (Å²) in [5.74, 6) is 1.06. The van der Waals surface area contributed by atoms with Crippen molar-refractivity contribution >= 4 is 40.7 Å². The first-order chi connectivity index (χ1) is 10.8. The number of benzene rings is 2. The van der Waals surface area contributed by atoms with Gasteiger partial charge < -0.3 is 10.2 Å². The Morgan fingerprint density at radius 2 is 1.91 bits per heavy atom. The monoisotopic (exact) mass is 423 g/mol. The molecule has 0 spiro atoms. The van der Waals surface area contributed by atoms with Gasteiger partial charge in [-0.25, -0.2) is 4.99 Å². The molecule has 0 saturated carbocycles. The summed E-state index contributed by atoms with van der Waals surface area (Å²) < 4.78 is 0. The van der Waals surface area contributed by atoms with Crippen LogP contribution in [-0.4, -0.2) is 30.0 Å². The van der Waals surface area contributed by atoms with Crippen molar-refractivity contribution in [2.75, 3.05) is 13.1 Å². The van der Waals surface area contributed by atoms with Gasteiger partial charge in [-0.05, 0) is 35.7 Å².